The van der Waals surface area contributed by atoms with Crippen molar-refractivity contribution in [3.8, 4) is 0 Å². The third kappa shape index (κ3) is 1.97. The molecule has 22 heavy (non-hydrogen) atoms. The molecule has 0 spiro atoms. The van der Waals surface area contributed by atoms with Crippen LogP contribution < -0.4 is 0 Å². The Morgan fingerprint density at radius 3 is 2.64 bits per heavy atom. The highest BCUT2D eigenvalue weighted by Crippen LogP contribution is 2.45. The summed E-state index contributed by atoms with van der Waals surface area (Å²) in [5.41, 5.74) is 6.37. The summed E-state index contributed by atoms with van der Waals surface area (Å²) >= 11 is 0. The van der Waals surface area contributed by atoms with Gasteiger partial charge in [-0.1, -0.05) is 54.5 Å². The summed E-state index contributed by atoms with van der Waals surface area (Å²) in [5, 5.41) is 2.76. The molecule has 2 aromatic carbocycles. The average Bonchev–Trinajstić information content (AvgIpc) is 2.56. The molecule has 0 amide bonds. The Kier molecular flexibility index (Phi) is 2.80. The molecule has 0 nitrogen and oxygen atoms in total. The lowest BCUT2D eigenvalue weighted by Gasteiger charge is -2.37. The fourth-order valence-corrected chi connectivity index (χ4v) is 4.80. The molecule has 2 aromatic rings. The van der Waals surface area contributed by atoms with Gasteiger partial charge in [-0.2, -0.15) is 0 Å². The fraction of sp³-hybridized carbons (Fsp3) is 0.364. The summed E-state index contributed by atoms with van der Waals surface area (Å²) in [5.74, 6) is 1.65. The van der Waals surface area contributed by atoms with Gasteiger partial charge in [0, 0.05) is 0 Å². The van der Waals surface area contributed by atoms with Crippen LogP contribution in [0.2, 0.25) is 0 Å². The van der Waals surface area contributed by atoms with E-state index in [1.807, 2.05) is 0 Å². The van der Waals surface area contributed by atoms with E-state index in [4.69, 9.17) is 0 Å². The number of rotatable bonds is 0. The van der Waals surface area contributed by atoms with Crippen molar-refractivity contribution in [3.05, 3.63) is 64.7 Å². The van der Waals surface area contributed by atoms with Gasteiger partial charge >= 0.3 is 0 Å². The normalized spacial score (nSPS) is 26.5. The molecule has 110 valence electrons. The first kappa shape index (κ1) is 12.7. The third-order valence-corrected chi connectivity index (χ3v) is 5.98. The molecule has 2 atom stereocenters. The Morgan fingerprint density at radius 1 is 0.864 bits per heavy atom. The maximum atomic E-state index is 2.57. The van der Waals surface area contributed by atoms with Crippen LogP contribution in [0, 0.1) is 11.8 Å². The van der Waals surface area contributed by atoms with Gasteiger partial charge in [0.2, 0.25) is 0 Å². The zero-order chi connectivity index (χ0) is 14.5. The van der Waals surface area contributed by atoms with Crippen molar-refractivity contribution in [3.63, 3.8) is 0 Å². The SMILES string of the molecule is C1=C2C=C3CCCCC3CC2Cc2cc3ccccc3cc21. The summed E-state index contributed by atoms with van der Waals surface area (Å²) < 4.78 is 0. The molecule has 0 saturated heterocycles. The summed E-state index contributed by atoms with van der Waals surface area (Å²) in [6, 6.07) is 13.6. The van der Waals surface area contributed by atoms with Crippen molar-refractivity contribution in [1.29, 1.82) is 0 Å². The number of benzene rings is 2. The molecular formula is C22H22. The van der Waals surface area contributed by atoms with E-state index in [9.17, 15) is 0 Å². The van der Waals surface area contributed by atoms with Gasteiger partial charge < -0.3 is 0 Å². The second kappa shape index (κ2) is 4.84. The summed E-state index contributed by atoms with van der Waals surface area (Å²) in [4.78, 5) is 0. The lowest BCUT2D eigenvalue weighted by atomic mass is 9.68. The molecule has 3 aliphatic rings. The van der Waals surface area contributed by atoms with Crippen molar-refractivity contribution in [2.75, 3.05) is 0 Å². The number of hydrogen-bond donors (Lipinski definition) is 0. The van der Waals surface area contributed by atoms with Gasteiger partial charge in [-0.15, -0.1) is 0 Å². The minimum absolute atomic E-state index is 0.764. The molecule has 0 N–H and O–H groups in total. The summed E-state index contributed by atoms with van der Waals surface area (Å²) in [7, 11) is 0. The lowest BCUT2D eigenvalue weighted by molar-refractivity contribution is 0.361. The van der Waals surface area contributed by atoms with Gasteiger partial charge in [0.25, 0.3) is 0 Å². The smallest absolute Gasteiger partial charge is 0.0115 e. The van der Waals surface area contributed by atoms with Crippen LogP contribution >= 0.6 is 0 Å². The minimum atomic E-state index is 0.764. The Morgan fingerprint density at radius 2 is 1.73 bits per heavy atom. The van der Waals surface area contributed by atoms with Gasteiger partial charge in [0.1, 0.15) is 0 Å². The molecule has 0 aromatic heterocycles. The van der Waals surface area contributed by atoms with E-state index >= 15 is 0 Å². The highest BCUT2D eigenvalue weighted by Gasteiger charge is 2.31. The second-order valence-corrected chi connectivity index (χ2v) is 7.34. The van der Waals surface area contributed by atoms with Crippen molar-refractivity contribution >= 4 is 16.8 Å². The topological polar surface area (TPSA) is 0 Å². The zero-order valence-corrected chi connectivity index (χ0v) is 13.0. The van der Waals surface area contributed by atoms with Crippen LogP contribution in [0.5, 0.6) is 0 Å². The van der Waals surface area contributed by atoms with Crippen molar-refractivity contribution in [1.82, 2.24) is 0 Å². The second-order valence-electron chi connectivity index (χ2n) is 7.34. The first-order valence-electron chi connectivity index (χ1n) is 8.80. The van der Waals surface area contributed by atoms with E-state index in [1.165, 1.54) is 54.9 Å². The monoisotopic (exact) mass is 286 g/mol. The van der Waals surface area contributed by atoms with Gasteiger partial charge in [-0.25, -0.2) is 0 Å². The number of hydrogen-bond acceptors (Lipinski definition) is 0. The molecule has 1 fully saturated rings. The van der Waals surface area contributed by atoms with Crippen molar-refractivity contribution < 1.29 is 0 Å². The third-order valence-electron chi connectivity index (χ3n) is 5.98. The van der Waals surface area contributed by atoms with Gasteiger partial charge in [0.15, 0.2) is 0 Å². The largest absolute Gasteiger partial charge is 0.0668 e. The Labute approximate surface area is 132 Å². The molecule has 0 heteroatoms. The first-order chi connectivity index (χ1) is 10.9. The maximum absolute atomic E-state index is 2.57. The first-order valence-corrected chi connectivity index (χ1v) is 8.80. The highest BCUT2D eigenvalue weighted by atomic mass is 14.4. The van der Waals surface area contributed by atoms with E-state index in [0.29, 0.717) is 0 Å². The fourth-order valence-electron chi connectivity index (χ4n) is 4.80. The van der Waals surface area contributed by atoms with Crippen LogP contribution in [0.1, 0.15) is 43.2 Å². The maximum Gasteiger partial charge on any atom is -0.0115 e. The quantitative estimate of drug-likeness (QED) is 0.564. The van der Waals surface area contributed by atoms with Crippen LogP contribution in [0.4, 0.5) is 0 Å². The Bertz CT molecular complexity index is 806. The van der Waals surface area contributed by atoms with Crippen LogP contribution in [-0.2, 0) is 6.42 Å². The predicted octanol–water partition coefficient (Wildman–Crippen LogP) is 5.92. The molecular weight excluding hydrogens is 264 g/mol. The van der Waals surface area contributed by atoms with Gasteiger partial charge in [-0.05, 0) is 77.5 Å². The number of allylic oxidation sites excluding steroid dienone is 3. The van der Waals surface area contributed by atoms with Gasteiger partial charge in [0.05, 0.1) is 0 Å². The molecule has 5 rings (SSSR count). The molecule has 1 saturated carbocycles. The predicted molar refractivity (Wildman–Crippen MR) is 93.8 cm³/mol. The van der Waals surface area contributed by atoms with Crippen LogP contribution in [0.3, 0.4) is 0 Å². The van der Waals surface area contributed by atoms with Gasteiger partial charge in [-0.3, -0.25) is 0 Å². The number of fused-ring (bicyclic) bond motifs is 4. The van der Waals surface area contributed by atoms with Crippen LogP contribution in [0.25, 0.3) is 16.8 Å². The standard InChI is InChI=1S/C22H22/c1-2-6-16-10-20-14-22-12-18-8-4-3-7-17(18)11-21(22)13-19(20)9-15(16)5-1/h1-2,5-6,9-11,13,18,22H,3-4,7-8,12,14H2. The van der Waals surface area contributed by atoms with Crippen LogP contribution in [-0.4, -0.2) is 0 Å². The molecule has 0 radical (unpaired) electrons. The van der Waals surface area contributed by atoms with E-state index in [1.54, 1.807) is 16.7 Å². The average molecular weight is 286 g/mol. The van der Waals surface area contributed by atoms with E-state index in [0.717, 1.165) is 11.8 Å². The van der Waals surface area contributed by atoms with E-state index < -0.39 is 0 Å². The van der Waals surface area contributed by atoms with E-state index in [-0.39, 0.29) is 0 Å². The van der Waals surface area contributed by atoms with Crippen LogP contribution in [0.15, 0.2) is 53.6 Å². The molecule has 0 heterocycles. The summed E-state index contributed by atoms with van der Waals surface area (Å²) in [6.45, 7) is 0. The Hall–Kier alpha value is -1.82. The highest BCUT2D eigenvalue weighted by molar-refractivity contribution is 5.87. The lowest BCUT2D eigenvalue weighted by Crippen LogP contribution is -2.24. The molecule has 0 bridgehead atoms. The molecule has 0 aliphatic heterocycles. The molecule has 3 aliphatic carbocycles. The van der Waals surface area contributed by atoms with E-state index in [2.05, 4.69) is 48.6 Å². The van der Waals surface area contributed by atoms with Crippen molar-refractivity contribution in [2.45, 2.75) is 38.5 Å². The zero-order valence-electron chi connectivity index (χ0n) is 13.0. The molecule has 2 unspecified atom stereocenters. The minimum Gasteiger partial charge on any atom is -0.0668 e. The van der Waals surface area contributed by atoms with Crippen molar-refractivity contribution in [2.24, 2.45) is 11.8 Å². The summed E-state index contributed by atoms with van der Waals surface area (Å²) in [6.07, 6.45) is 13.3. The Balaban J connectivity index is 1.62.